The van der Waals surface area contributed by atoms with Gasteiger partial charge in [0.15, 0.2) is 0 Å². The van der Waals surface area contributed by atoms with Gasteiger partial charge in [-0.15, -0.1) is 0 Å². The second-order valence-corrected chi connectivity index (χ2v) is 6.77. The monoisotopic (exact) mass is 399 g/mol. The molecule has 0 saturated heterocycles. The van der Waals surface area contributed by atoms with E-state index in [2.05, 4.69) is 10.6 Å². The Morgan fingerprint density at radius 2 is 1.76 bits per heavy atom. The maximum absolute atomic E-state index is 12.7. The zero-order chi connectivity index (χ0) is 21.4. The van der Waals surface area contributed by atoms with Crippen LogP contribution >= 0.6 is 0 Å². The van der Waals surface area contributed by atoms with E-state index in [4.69, 9.17) is 4.74 Å². The van der Waals surface area contributed by atoms with E-state index in [9.17, 15) is 19.7 Å². The first-order valence-corrected chi connectivity index (χ1v) is 9.37. The summed E-state index contributed by atoms with van der Waals surface area (Å²) in [5.41, 5.74) is 1.07. The molecule has 0 aliphatic carbocycles. The van der Waals surface area contributed by atoms with Gasteiger partial charge >= 0.3 is 0 Å². The summed E-state index contributed by atoms with van der Waals surface area (Å²) in [5.74, 6) is -0.407. The van der Waals surface area contributed by atoms with Crippen molar-refractivity contribution >= 4 is 17.5 Å². The molecule has 0 fully saturated rings. The number of rotatable bonds is 9. The van der Waals surface area contributed by atoms with Crippen LogP contribution in [0.15, 0.2) is 48.5 Å². The molecule has 0 radical (unpaired) electrons. The molecular weight excluding hydrogens is 374 g/mol. The van der Waals surface area contributed by atoms with Gasteiger partial charge in [0.1, 0.15) is 11.8 Å². The Hall–Kier alpha value is -3.42. The van der Waals surface area contributed by atoms with E-state index < -0.39 is 16.9 Å². The molecule has 0 aromatic heterocycles. The first-order chi connectivity index (χ1) is 13.8. The Bertz CT molecular complexity index is 865. The molecule has 1 unspecified atom stereocenters. The minimum absolute atomic E-state index is 0.0136. The number of non-ortho nitro benzene ring substituents is 1. The highest BCUT2D eigenvalue weighted by molar-refractivity contribution is 5.99. The molecule has 8 nitrogen and oxygen atoms in total. The molecule has 0 aliphatic heterocycles. The number of nitrogens with one attached hydrogen (secondary N) is 2. The van der Waals surface area contributed by atoms with Crippen molar-refractivity contribution in [2.45, 2.75) is 33.4 Å². The first-order valence-electron chi connectivity index (χ1n) is 9.37. The van der Waals surface area contributed by atoms with Crippen LogP contribution in [0, 0.1) is 16.0 Å². The molecule has 1 atom stereocenters. The minimum Gasteiger partial charge on any atom is -0.493 e. The van der Waals surface area contributed by atoms with Crippen LogP contribution < -0.4 is 15.4 Å². The van der Waals surface area contributed by atoms with Crippen LogP contribution in [-0.2, 0) is 11.3 Å². The fraction of sp³-hybridized carbons (Fsp3) is 0.333. The number of nitrogens with zero attached hydrogens (tertiary/aromatic N) is 1. The van der Waals surface area contributed by atoms with E-state index in [0.29, 0.717) is 17.9 Å². The van der Waals surface area contributed by atoms with Crippen LogP contribution in [0.2, 0.25) is 0 Å². The smallest absolute Gasteiger partial charge is 0.269 e. The number of carbonyl (C=O) groups is 2. The first kappa shape index (κ1) is 21.9. The molecule has 154 valence electrons. The molecule has 0 bridgehead atoms. The van der Waals surface area contributed by atoms with Crippen molar-refractivity contribution in [2.24, 2.45) is 5.92 Å². The van der Waals surface area contributed by atoms with E-state index in [0.717, 1.165) is 5.56 Å². The quantitative estimate of drug-likeness (QED) is 0.497. The average Bonchev–Trinajstić information content (AvgIpc) is 2.70. The molecule has 2 amide bonds. The standard InChI is InChI=1S/C21H25N3O5/c1-4-29-18-8-6-5-7-17(18)20(25)23-19(14(2)3)21(26)22-13-15-9-11-16(12-10-15)24(27)28/h5-12,14,19H,4,13H2,1-3H3,(H,22,26)(H,23,25). The Morgan fingerprint density at radius 1 is 1.10 bits per heavy atom. The highest BCUT2D eigenvalue weighted by Gasteiger charge is 2.25. The summed E-state index contributed by atoms with van der Waals surface area (Å²) < 4.78 is 5.48. The van der Waals surface area contributed by atoms with Crippen LogP contribution in [0.4, 0.5) is 5.69 Å². The molecule has 0 aliphatic rings. The molecule has 2 aromatic rings. The van der Waals surface area contributed by atoms with Crippen LogP contribution in [0.25, 0.3) is 0 Å². The van der Waals surface area contributed by atoms with Gasteiger partial charge in [0.05, 0.1) is 17.1 Å². The largest absolute Gasteiger partial charge is 0.493 e. The zero-order valence-electron chi connectivity index (χ0n) is 16.7. The Labute approximate surface area is 169 Å². The van der Waals surface area contributed by atoms with Gasteiger partial charge in [0.2, 0.25) is 5.91 Å². The van der Waals surface area contributed by atoms with E-state index in [1.54, 1.807) is 36.4 Å². The van der Waals surface area contributed by atoms with Gasteiger partial charge in [-0.25, -0.2) is 0 Å². The van der Waals surface area contributed by atoms with Crippen molar-refractivity contribution in [3.05, 3.63) is 69.8 Å². The number of hydrogen-bond donors (Lipinski definition) is 2. The Morgan fingerprint density at radius 3 is 2.34 bits per heavy atom. The highest BCUT2D eigenvalue weighted by Crippen LogP contribution is 2.18. The Balaban J connectivity index is 2.04. The molecule has 0 spiro atoms. The van der Waals surface area contributed by atoms with Crippen molar-refractivity contribution in [1.29, 1.82) is 0 Å². The lowest BCUT2D eigenvalue weighted by molar-refractivity contribution is -0.384. The number of nitro groups is 1. The number of para-hydroxylation sites is 1. The minimum atomic E-state index is -0.741. The number of hydrogen-bond acceptors (Lipinski definition) is 5. The number of benzene rings is 2. The van der Waals surface area contributed by atoms with Gasteiger partial charge in [0.25, 0.3) is 11.6 Å². The van der Waals surface area contributed by atoms with Gasteiger partial charge in [0, 0.05) is 18.7 Å². The number of amides is 2. The fourth-order valence-electron chi connectivity index (χ4n) is 2.72. The third-order valence-electron chi connectivity index (χ3n) is 4.28. The zero-order valence-corrected chi connectivity index (χ0v) is 16.7. The van der Waals surface area contributed by atoms with Gasteiger partial charge in [-0.1, -0.05) is 38.1 Å². The molecule has 0 saturated carbocycles. The van der Waals surface area contributed by atoms with Crippen LogP contribution in [0.1, 0.15) is 36.7 Å². The van der Waals surface area contributed by atoms with Crippen molar-refractivity contribution in [1.82, 2.24) is 10.6 Å². The maximum Gasteiger partial charge on any atom is 0.269 e. The van der Waals surface area contributed by atoms with E-state index >= 15 is 0 Å². The summed E-state index contributed by atoms with van der Waals surface area (Å²) in [4.78, 5) is 35.6. The predicted molar refractivity (Wildman–Crippen MR) is 109 cm³/mol. The number of nitro benzene ring substituents is 1. The normalized spacial score (nSPS) is 11.6. The van der Waals surface area contributed by atoms with E-state index in [1.807, 2.05) is 20.8 Å². The molecule has 2 aromatic carbocycles. The van der Waals surface area contributed by atoms with Gasteiger partial charge in [-0.3, -0.25) is 19.7 Å². The lowest BCUT2D eigenvalue weighted by Gasteiger charge is -2.22. The van der Waals surface area contributed by atoms with Gasteiger partial charge in [-0.05, 0) is 30.5 Å². The van der Waals surface area contributed by atoms with Crippen molar-refractivity contribution in [3.8, 4) is 5.75 Å². The van der Waals surface area contributed by atoms with Gasteiger partial charge in [-0.2, -0.15) is 0 Å². The molecule has 0 heterocycles. The molecule has 2 rings (SSSR count). The predicted octanol–water partition coefficient (Wildman–Crippen LogP) is 3.06. The summed E-state index contributed by atoms with van der Waals surface area (Å²) in [6.45, 7) is 6.13. The lowest BCUT2D eigenvalue weighted by Crippen LogP contribution is -2.49. The Kier molecular flexibility index (Phi) is 7.70. The average molecular weight is 399 g/mol. The third kappa shape index (κ3) is 6.03. The van der Waals surface area contributed by atoms with Crippen molar-refractivity contribution < 1.29 is 19.2 Å². The van der Waals surface area contributed by atoms with Crippen LogP contribution in [0.3, 0.4) is 0 Å². The lowest BCUT2D eigenvalue weighted by atomic mass is 10.0. The number of ether oxygens (including phenoxy) is 1. The molecule has 2 N–H and O–H groups in total. The summed E-state index contributed by atoms with van der Waals surface area (Å²) in [7, 11) is 0. The van der Waals surface area contributed by atoms with Crippen LogP contribution in [-0.4, -0.2) is 29.4 Å². The summed E-state index contributed by atoms with van der Waals surface area (Å²) in [5, 5.41) is 16.3. The highest BCUT2D eigenvalue weighted by atomic mass is 16.6. The second kappa shape index (κ2) is 10.2. The summed E-state index contributed by atoms with van der Waals surface area (Å²) >= 11 is 0. The number of carbonyl (C=O) groups excluding carboxylic acids is 2. The summed E-state index contributed by atoms with van der Waals surface area (Å²) in [6.07, 6.45) is 0. The van der Waals surface area contributed by atoms with E-state index in [1.165, 1.54) is 12.1 Å². The van der Waals surface area contributed by atoms with Crippen molar-refractivity contribution in [3.63, 3.8) is 0 Å². The molecular formula is C21H25N3O5. The van der Waals surface area contributed by atoms with E-state index in [-0.39, 0.29) is 24.1 Å². The third-order valence-corrected chi connectivity index (χ3v) is 4.28. The maximum atomic E-state index is 12.7. The second-order valence-electron chi connectivity index (χ2n) is 6.77. The van der Waals surface area contributed by atoms with Crippen molar-refractivity contribution in [2.75, 3.05) is 6.61 Å². The topological polar surface area (TPSA) is 111 Å². The molecule has 8 heteroatoms. The fourth-order valence-corrected chi connectivity index (χ4v) is 2.72. The summed E-state index contributed by atoms with van der Waals surface area (Å²) in [6, 6.07) is 12.1. The molecule has 29 heavy (non-hydrogen) atoms. The SMILES string of the molecule is CCOc1ccccc1C(=O)NC(C(=O)NCc1ccc([N+](=O)[O-])cc1)C(C)C. The van der Waals surface area contributed by atoms with Crippen LogP contribution in [0.5, 0.6) is 5.75 Å². The van der Waals surface area contributed by atoms with Gasteiger partial charge < -0.3 is 15.4 Å².